The van der Waals surface area contributed by atoms with E-state index in [4.69, 9.17) is 10.3 Å². The smallest absolute Gasteiger partial charge is 0.213 e. The van der Waals surface area contributed by atoms with Gasteiger partial charge in [-0.25, -0.2) is 4.98 Å². The zero-order chi connectivity index (χ0) is 20.6. The number of fused-ring (bicyclic) bond motifs is 1. The number of methoxy groups -OCH3 is 1. The van der Waals surface area contributed by atoms with Crippen molar-refractivity contribution in [3.8, 4) is 5.88 Å². The fourth-order valence-electron chi connectivity index (χ4n) is 3.40. The summed E-state index contributed by atoms with van der Waals surface area (Å²) < 4.78 is 7.20. The van der Waals surface area contributed by atoms with Gasteiger partial charge in [0.25, 0.3) is 0 Å². The number of pyridine rings is 2. The van der Waals surface area contributed by atoms with E-state index >= 15 is 0 Å². The fraction of sp³-hybridized carbons (Fsp3) is 0.333. The maximum atomic E-state index is 13.0. The van der Waals surface area contributed by atoms with Crippen molar-refractivity contribution in [1.82, 2.24) is 14.5 Å². The summed E-state index contributed by atoms with van der Waals surface area (Å²) in [6.45, 7) is 2.24. The van der Waals surface area contributed by atoms with Gasteiger partial charge in [-0.1, -0.05) is 17.2 Å². The molecule has 0 atom stereocenters. The first-order valence-electron chi connectivity index (χ1n) is 9.41. The van der Waals surface area contributed by atoms with Crippen molar-refractivity contribution in [3.63, 3.8) is 0 Å². The summed E-state index contributed by atoms with van der Waals surface area (Å²) in [7, 11) is 3.54. The van der Waals surface area contributed by atoms with Gasteiger partial charge in [0, 0.05) is 61.0 Å². The highest BCUT2D eigenvalue weighted by Gasteiger charge is 2.13. The highest BCUT2D eigenvalue weighted by molar-refractivity contribution is 5.79. The predicted molar refractivity (Wildman–Crippen MR) is 113 cm³/mol. The summed E-state index contributed by atoms with van der Waals surface area (Å²) in [5, 5.41) is 4.33. The monoisotopic (exact) mass is 392 g/mol. The molecule has 0 aliphatic carbocycles. The molecule has 1 aromatic carbocycles. The highest BCUT2D eigenvalue weighted by atomic mass is 16.5. The zero-order valence-corrected chi connectivity index (χ0v) is 16.7. The van der Waals surface area contributed by atoms with Gasteiger partial charge in [0.1, 0.15) is 0 Å². The first-order valence-corrected chi connectivity index (χ1v) is 9.41. The standard InChI is InChI=1S/C21H24N6O2/c1-26-14-17(21(28)18-6-3-4-7-19(18)26)15-27(11-5-9-24-25-22)13-16-8-10-23-20(12-16)29-2/h3-4,6-8,10,12,14H,5,9,11,13,15H2,1-2H3. The van der Waals surface area contributed by atoms with Crippen molar-refractivity contribution in [2.45, 2.75) is 19.5 Å². The second-order valence-corrected chi connectivity index (χ2v) is 6.84. The van der Waals surface area contributed by atoms with Crippen LogP contribution >= 0.6 is 0 Å². The van der Waals surface area contributed by atoms with Crippen molar-refractivity contribution in [2.24, 2.45) is 12.2 Å². The summed E-state index contributed by atoms with van der Waals surface area (Å²) in [5.41, 5.74) is 11.2. The number of nitrogens with zero attached hydrogens (tertiary/aromatic N) is 6. The summed E-state index contributed by atoms with van der Waals surface area (Å²) in [6.07, 6.45) is 4.32. The average molecular weight is 392 g/mol. The third kappa shape index (κ3) is 5.13. The number of rotatable bonds is 9. The third-order valence-electron chi connectivity index (χ3n) is 4.77. The number of ether oxygens (including phenoxy) is 1. The lowest BCUT2D eigenvalue weighted by atomic mass is 10.1. The minimum absolute atomic E-state index is 0.0473. The molecule has 0 spiro atoms. The molecule has 0 aliphatic rings. The van der Waals surface area contributed by atoms with Crippen LogP contribution in [0.5, 0.6) is 5.88 Å². The molecule has 0 aliphatic heterocycles. The second kappa shape index (κ2) is 9.73. The lowest BCUT2D eigenvalue weighted by Gasteiger charge is -2.23. The van der Waals surface area contributed by atoms with E-state index in [1.807, 2.05) is 54.2 Å². The second-order valence-electron chi connectivity index (χ2n) is 6.84. The summed E-state index contributed by atoms with van der Waals surface area (Å²) in [6, 6.07) is 11.4. The average Bonchev–Trinajstić information content (AvgIpc) is 2.75. The maximum Gasteiger partial charge on any atom is 0.213 e. The molecule has 2 aromatic heterocycles. The van der Waals surface area contributed by atoms with Gasteiger partial charge in [-0.2, -0.15) is 0 Å². The van der Waals surface area contributed by atoms with Crippen LogP contribution in [-0.4, -0.2) is 34.7 Å². The van der Waals surface area contributed by atoms with Crippen LogP contribution in [0.15, 0.2) is 58.7 Å². The lowest BCUT2D eigenvalue weighted by Crippen LogP contribution is -2.28. The van der Waals surface area contributed by atoms with Crippen LogP contribution in [-0.2, 0) is 20.1 Å². The number of benzene rings is 1. The van der Waals surface area contributed by atoms with Crippen LogP contribution in [0.4, 0.5) is 0 Å². The Morgan fingerprint density at radius 2 is 2.10 bits per heavy atom. The number of azide groups is 1. The highest BCUT2D eigenvalue weighted by Crippen LogP contribution is 2.15. The molecule has 0 saturated heterocycles. The molecule has 2 heterocycles. The molecular formula is C21H24N6O2. The molecule has 0 unspecified atom stereocenters. The van der Waals surface area contributed by atoms with Crippen molar-refractivity contribution in [3.05, 3.63) is 80.6 Å². The Labute approximate surface area is 169 Å². The fourth-order valence-corrected chi connectivity index (χ4v) is 3.40. The van der Waals surface area contributed by atoms with Crippen molar-refractivity contribution in [2.75, 3.05) is 20.2 Å². The maximum absolute atomic E-state index is 13.0. The Kier molecular flexibility index (Phi) is 6.84. The number of hydrogen-bond acceptors (Lipinski definition) is 5. The van der Waals surface area contributed by atoms with E-state index in [1.165, 1.54) is 0 Å². The van der Waals surface area contributed by atoms with E-state index in [2.05, 4.69) is 19.9 Å². The van der Waals surface area contributed by atoms with Crippen LogP contribution in [0, 0.1) is 0 Å². The van der Waals surface area contributed by atoms with Gasteiger partial charge in [-0.15, -0.1) is 0 Å². The molecule has 3 aromatic rings. The van der Waals surface area contributed by atoms with Crippen LogP contribution < -0.4 is 10.2 Å². The molecule has 0 saturated carbocycles. The Hall–Kier alpha value is -3.35. The normalized spacial score (nSPS) is 10.9. The van der Waals surface area contributed by atoms with E-state index in [0.29, 0.717) is 43.9 Å². The predicted octanol–water partition coefficient (Wildman–Crippen LogP) is 3.64. The van der Waals surface area contributed by atoms with E-state index in [9.17, 15) is 4.79 Å². The third-order valence-corrected chi connectivity index (χ3v) is 4.77. The number of para-hydroxylation sites is 1. The Morgan fingerprint density at radius 1 is 1.28 bits per heavy atom. The van der Waals surface area contributed by atoms with Gasteiger partial charge in [0.15, 0.2) is 5.43 Å². The zero-order valence-electron chi connectivity index (χ0n) is 16.7. The first kappa shape index (κ1) is 20.4. The minimum atomic E-state index is 0.0473. The molecule has 0 amide bonds. The first-order chi connectivity index (χ1) is 14.1. The topological polar surface area (TPSA) is 96.1 Å². The molecule has 29 heavy (non-hydrogen) atoms. The summed E-state index contributed by atoms with van der Waals surface area (Å²) in [4.78, 5) is 22.1. The van der Waals surface area contributed by atoms with Crippen LogP contribution in [0.25, 0.3) is 21.3 Å². The molecule has 150 valence electrons. The number of hydrogen-bond donors (Lipinski definition) is 0. The van der Waals surface area contributed by atoms with Gasteiger partial charge in [0.05, 0.1) is 12.6 Å². The quantitative estimate of drug-likeness (QED) is 0.240. The number of aromatic nitrogens is 2. The molecule has 8 nitrogen and oxygen atoms in total. The van der Waals surface area contributed by atoms with E-state index in [1.54, 1.807) is 13.3 Å². The summed E-state index contributed by atoms with van der Waals surface area (Å²) >= 11 is 0. The van der Waals surface area contributed by atoms with Crippen LogP contribution in [0.3, 0.4) is 0 Å². The van der Waals surface area contributed by atoms with Crippen molar-refractivity contribution < 1.29 is 4.74 Å². The molecule has 0 radical (unpaired) electrons. The molecule has 8 heteroatoms. The Morgan fingerprint density at radius 3 is 2.90 bits per heavy atom. The van der Waals surface area contributed by atoms with Crippen LogP contribution in [0.2, 0.25) is 0 Å². The van der Waals surface area contributed by atoms with Gasteiger partial charge in [-0.3, -0.25) is 9.69 Å². The summed E-state index contributed by atoms with van der Waals surface area (Å²) in [5.74, 6) is 0.554. The van der Waals surface area contributed by atoms with E-state index in [0.717, 1.165) is 16.6 Å². The van der Waals surface area contributed by atoms with Gasteiger partial charge < -0.3 is 9.30 Å². The molecule has 0 N–H and O–H groups in total. The lowest BCUT2D eigenvalue weighted by molar-refractivity contribution is 0.253. The number of aryl methyl sites for hydroxylation is 1. The SMILES string of the molecule is COc1cc(CN(CCCN=[N+]=[N-])Cc2cn(C)c3ccccc3c2=O)ccn1. The van der Waals surface area contributed by atoms with Gasteiger partial charge in [0.2, 0.25) is 5.88 Å². The Bertz CT molecular complexity index is 1090. The van der Waals surface area contributed by atoms with E-state index < -0.39 is 0 Å². The largest absolute Gasteiger partial charge is 0.481 e. The minimum Gasteiger partial charge on any atom is -0.481 e. The van der Waals surface area contributed by atoms with Crippen LogP contribution in [0.1, 0.15) is 17.5 Å². The van der Waals surface area contributed by atoms with Crippen molar-refractivity contribution >= 4 is 10.9 Å². The molecule has 0 fully saturated rings. The van der Waals surface area contributed by atoms with Crippen molar-refractivity contribution in [1.29, 1.82) is 0 Å². The van der Waals surface area contributed by atoms with E-state index in [-0.39, 0.29) is 5.43 Å². The molecule has 3 rings (SSSR count). The Balaban J connectivity index is 1.87. The molecule has 0 bridgehead atoms. The van der Waals surface area contributed by atoms with Gasteiger partial charge in [-0.05, 0) is 42.3 Å². The van der Waals surface area contributed by atoms with Gasteiger partial charge >= 0.3 is 0 Å². The molecular weight excluding hydrogens is 368 g/mol.